The van der Waals surface area contributed by atoms with E-state index >= 15 is 0 Å². The largest absolute Gasteiger partial charge is 0.367 e. The highest BCUT2D eigenvalue weighted by atomic mass is 79.9. The van der Waals surface area contributed by atoms with Gasteiger partial charge >= 0.3 is 0 Å². The summed E-state index contributed by atoms with van der Waals surface area (Å²) in [7, 11) is 0. The number of hydrogen-bond donors (Lipinski definition) is 1. The van der Waals surface area contributed by atoms with Gasteiger partial charge in [-0.05, 0) is 40.3 Å². The molecule has 0 spiro atoms. The topological polar surface area (TPSA) is 24.9 Å². The van der Waals surface area contributed by atoms with Crippen LogP contribution in [0.3, 0.4) is 0 Å². The van der Waals surface area contributed by atoms with Crippen molar-refractivity contribution in [3.8, 4) is 0 Å². The van der Waals surface area contributed by atoms with Crippen molar-refractivity contribution < 1.29 is 4.39 Å². The van der Waals surface area contributed by atoms with E-state index < -0.39 is 0 Å². The lowest BCUT2D eigenvalue weighted by atomic mass is 9.70. The Labute approximate surface area is 97.4 Å². The monoisotopic (exact) mass is 272 g/mol. The Balaban J connectivity index is 1.98. The number of pyridine rings is 1. The molecule has 4 heteroatoms. The molecule has 0 radical (unpaired) electrons. The van der Waals surface area contributed by atoms with Crippen LogP contribution in [-0.2, 0) is 0 Å². The van der Waals surface area contributed by atoms with Gasteiger partial charge in [0.05, 0.1) is 0 Å². The van der Waals surface area contributed by atoms with E-state index in [-0.39, 0.29) is 5.82 Å². The Kier molecular flexibility index (Phi) is 2.96. The second kappa shape index (κ2) is 4.08. The highest BCUT2D eigenvalue weighted by Gasteiger charge is 2.31. The number of anilines is 1. The maximum absolute atomic E-state index is 13.4. The predicted octanol–water partition coefficient (Wildman–Crippen LogP) is 3.59. The first-order valence-electron chi connectivity index (χ1n) is 5.14. The van der Waals surface area contributed by atoms with Crippen molar-refractivity contribution in [1.82, 2.24) is 4.98 Å². The molecule has 0 atom stereocenters. The molecule has 1 aliphatic carbocycles. The Bertz CT molecular complexity index is 364. The van der Waals surface area contributed by atoms with Crippen LogP contribution in [0.4, 0.5) is 10.2 Å². The molecule has 1 saturated carbocycles. The van der Waals surface area contributed by atoms with E-state index in [4.69, 9.17) is 0 Å². The van der Waals surface area contributed by atoms with Crippen molar-refractivity contribution in [1.29, 1.82) is 0 Å². The fraction of sp³-hybridized carbons (Fsp3) is 0.545. The molecule has 1 fully saturated rings. The predicted molar refractivity (Wildman–Crippen MR) is 62.3 cm³/mol. The first kappa shape index (κ1) is 10.9. The number of nitrogens with one attached hydrogen (secondary N) is 1. The number of aromatic nitrogens is 1. The molecule has 0 bridgehead atoms. The van der Waals surface area contributed by atoms with Crippen LogP contribution >= 0.6 is 15.9 Å². The average Bonchev–Trinajstić information content (AvgIpc) is 2.14. The zero-order valence-electron chi connectivity index (χ0n) is 8.69. The third-order valence-corrected chi connectivity index (χ3v) is 3.48. The van der Waals surface area contributed by atoms with Gasteiger partial charge < -0.3 is 5.32 Å². The van der Waals surface area contributed by atoms with Crippen LogP contribution in [0, 0.1) is 11.2 Å². The van der Waals surface area contributed by atoms with Gasteiger partial charge in [0.2, 0.25) is 0 Å². The van der Waals surface area contributed by atoms with Crippen molar-refractivity contribution in [3.05, 3.63) is 22.6 Å². The molecular weight excluding hydrogens is 259 g/mol. The van der Waals surface area contributed by atoms with E-state index in [0.29, 0.717) is 15.7 Å². The lowest BCUT2D eigenvalue weighted by molar-refractivity contribution is 0.179. The SMILES string of the molecule is CC1(CNc2ncc(Br)cc2F)CCC1. The normalized spacial score (nSPS) is 18.3. The molecule has 0 aliphatic heterocycles. The number of hydrogen-bond acceptors (Lipinski definition) is 2. The summed E-state index contributed by atoms with van der Waals surface area (Å²) in [4.78, 5) is 4.01. The van der Waals surface area contributed by atoms with Crippen LogP contribution in [0.2, 0.25) is 0 Å². The molecule has 0 amide bonds. The molecule has 0 saturated heterocycles. The molecule has 0 aromatic carbocycles. The first-order chi connectivity index (χ1) is 7.09. The van der Waals surface area contributed by atoms with E-state index in [9.17, 15) is 4.39 Å². The van der Waals surface area contributed by atoms with Gasteiger partial charge in [-0.25, -0.2) is 9.37 Å². The smallest absolute Gasteiger partial charge is 0.166 e. The lowest BCUT2D eigenvalue weighted by Crippen LogP contribution is -2.33. The minimum Gasteiger partial charge on any atom is -0.367 e. The van der Waals surface area contributed by atoms with Crippen LogP contribution in [0.5, 0.6) is 0 Å². The Morgan fingerprint density at radius 3 is 2.87 bits per heavy atom. The number of nitrogens with zero attached hydrogens (tertiary/aromatic N) is 1. The Morgan fingerprint density at radius 1 is 1.60 bits per heavy atom. The molecule has 1 N–H and O–H groups in total. The molecule has 1 aliphatic rings. The minimum absolute atomic E-state index is 0.299. The number of rotatable bonds is 3. The van der Waals surface area contributed by atoms with Crippen LogP contribution in [0.25, 0.3) is 0 Å². The van der Waals surface area contributed by atoms with Gasteiger partial charge in [-0.3, -0.25) is 0 Å². The maximum Gasteiger partial charge on any atom is 0.166 e. The second-order valence-corrected chi connectivity index (χ2v) is 5.42. The van der Waals surface area contributed by atoms with Gasteiger partial charge in [-0.2, -0.15) is 0 Å². The maximum atomic E-state index is 13.4. The van der Waals surface area contributed by atoms with Gasteiger partial charge in [-0.15, -0.1) is 0 Å². The van der Waals surface area contributed by atoms with Crippen molar-refractivity contribution in [2.45, 2.75) is 26.2 Å². The molecular formula is C11H14BrFN2. The summed E-state index contributed by atoms with van der Waals surface area (Å²) < 4.78 is 14.1. The van der Waals surface area contributed by atoms with Crippen LogP contribution in [0.15, 0.2) is 16.7 Å². The molecule has 82 valence electrons. The summed E-state index contributed by atoms with van der Waals surface area (Å²) in [5.41, 5.74) is 0.335. The second-order valence-electron chi connectivity index (χ2n) is 4.50. The van der Waals surface area contributed by atoms with Gasteiger partial charge in [-0.1, -0.05) is 13.3 Å². The van der Waals surface area contributed by atoms with E-state index in [1.54, 1.807) is 6.20 Å². The number of halogens is 2. The Hall–Kier alpha value is -0.640. The minimum atomic E-state index is -0.299. The zero-order chi connectivity index (χ0) is 10.9. The quantitative estimate of drug-likeness (QED) is 0.910. The summed E-state index contributed by atoms with van der Waals surface area (Å²) in [6.07, 6.45) is 5.33. The molecule has 0 unspecified atom stereocenters. The fourth-order valence-electron chi connectivity index (χ4n) is 1.80. The highest BCUT2D eigenvalue weighted by molar-refractivity contribution is 9.10. The van der Waals surface area contributed by atoms with Gasteiger partial charge in [0.25, 0.3) is 0 Å². The van der Waals surface area contributed by atoms with Crippen LogP contribution < -0.4 is 5.32 Å². The standard InChI is InChI=1S/C11H14BrFN2/c1-11(3-2-4-11)7-15-10-9(13)5-8(12)6-14-10/h5-6H,2-4,7H2,1H3,(H,14,15). The molecule has 1 heterocycles. The summed E-state index contributed by atoms with van der Waals surface area (Å²) in [6, 6.07) is 1.43. The van der Waals surface area contributed by atoms with E-state index in [2.05, 4.69) is 33.2 Å². The lowest BCUT2D eigenvalue weighted by Gasteiger charge is -2.38. The van der Waals surface area contributed by atoms with Gasteiger partial charge in [0.15, 0.2) is 11.6 Å². The van der Waals surface area contributed by atoms with Crippen molar-refractivity contribution in [2.75, 3.05) is 11.9 Å². The van der Waals surface area contributed by atoms with Crippen molar-refractivity contribution >= 4 is 21.7 Å². The van der Waals surface area contributed by atoms with Crippen molar-refractivity contribution in [2.24, 2.45) is 5.41 Å². The van der Waals surface area contributed by atoms with Gasteiger partial charge in [0, 0.05) is 17.2 Å². The zero-order valence-corrected chi connectivity index (χ0v) is 10.3. The average molecular weight is 273 g/mol. The highest BCUT2D eigenvalue weighted by Crippen LogP contribution is 2.40. The fourth-order valence-corrected chi connectivity index (χ4v) is 2.10. The van der Waals surface area contributed by atoms with Crippen LogP contribution in [0.1, 0.15) is 26.2 Å². The first-order valence-corrected chi connectivity index (χ1v) is 5.93. The summed E-state index contributed by atoms with van der Waals surface area (Å²) in [5.74, 6) is 0.0543. The molecule has 2 nitrogen and oxygen atoms in total. The van der Waals surface area contributed by atoms with E-state index in [0.717, 1.165) is 6.54 Å². The van der Waals surface area contributed by atoms with Crippen LogP contribution in [-0.4, -0.2) is 11.5 Å². The third kappa shape index (κ3) is 2.48. The van der Waals surface area contributed by atoms with Crippen molar-refractivity contribution in [3.63, 3.8) is 0 Å². The third-order valence-electron chi connectivity index (χ3n) is 3.05. The summed E-state index contributed by atoms with van der Waals surface area (Å²) in [6.45, 7) is 3.03. The Morgan fingerprint density at radius 2 is 2.33 bits per heavy atom. The summed E-state index contributed by atoms with van der Waals surface area (Å²) in [5, 5.41) is 3.08. The van der Waals surface area contributed by atoms with E-state index in [1.807, 2.05) is 0 Å². The molecule has 2 rings (SSSR count). The molecule has 15 heavy (non-hydrogen) atoms. The molecule has 1 aromatic heterocycles. The van der Waals surface area contributed by atoms with E-state index in [1.165, 1.54) is 25.3 Å². The molecule has 1 aromatic rings. The summed E-state index contributed by atoms with van der Waals surface area (Å²) >= 11 is 3.18. The van der Waals surface area contributed by atoms with Gasteiger partial charge in [0.1, 0.15) is 0 Å².